The molecule has 0 fully saturated rings. The molecule has 0 saturated carbocycles. The molecule has 1 unspecified atom stereocenters. The van der Waals surface area contributed by atoms with E-state index in [1.54, 1.807) is 23.5 Å². The van der Waals surface area contributed by atoms with E-state index in [2.05, 4.69) is 6.07 Å². The maximum Gasteiger partial charge on any atom is 0.168 e. The lowest BCUT2D eigenvalue weighted by Gasteiger charge is -2.12. The highest BCUT2D eigenvalue weighted by Crippen LogP contribution is 2.34. The fraction of sp³-hybridized carbons (Fsp3) is 0.412. The number of halogens is 1. The molecule has 1 aromatic heterocycles. The monoisotopic (exact) mass is 305 g/mol. The fourth-order valence-corrected chi connectivity index (χ4v) is 4.16. The van der Waals surface area contributed by atoms with E-state index < -0.39 is 0 Å². The van der Waals surface area contributed by atoms with E-state index in [1.165, 1.54) is 41.7 Å². The minimum atomic E-state index is -0.295. The van der Waals surface area contributed by atoms with Crippen molar-refractivity contribution in [1.29, 1.82) is 0 Å². The van der Waals surface area contributed by atoms with E-state index in [0.717, 1.165) is 6.42 Å². The standard InChI is InChI=1S/C17H20FNOS/c1-20-14-7-4-6-12(17(14)18)9-13(19)16-10-11-5-2-3-8-15(11)21-16/h4,6-7,10,13H,2-3,5,8-9,19H2,1H3. The molecule has 0 radical (unpaired) electrons. The van der Waals surface area contributed by atoms with Gasteiger partial charge in [-0.15, -0.1) is 11.3 Å². The highest BCUT2D eigenvalue weighted by Gasteiger charge is 2.19. The van der Waals surface area contributed by atoms with Gasteiger partial charge in [-0.25, -0.2) is 4.39 Å². The van der Waals surface area contributed by atoms with Gasteiger partial charge in [-0.3, -0.25) is 0 Å². The third-order valence-electron chi connectivity index (χ3n) is 4.08. The van der Waals surface area contributed by atoms with Crippen LogP contribution in [0, 0.1) is 5.82 Å². The maximum atomic E-state index is 14.2. The Morgan fingerprint density at radius 3 is 2.90 bits per heavy atom. The van der Waals surface area contributed by atoms with E-state index in [1.807, 2.05) is 6.07 Å². The molecular formula is C17H20FNOS. The Kier molecular flexibility index (Phi) is 4.27. The second-order valence-corrected chi connectivity index (χ2v) is 6.72. The SMILES string of the molecule is COc1cccc(CC(N)c2cc3c(s2)CCCC3)c1F. The number of nitrogens with two attached hydrogens (primary N) is 1. The zero-order chi connectivity index (χ0) is 14.8. The Morgan fingerprint density at radius 1 is 1.33 bits per heavy atom. The molecule has 1 aliphatic rings. The van der Waals surface area contributed by atoms with Gasteiger partial charge in [0.25, 0.3) is 0 Å². The topological polar surface area (TPSA) is 35.2 Å². The minimum absolute atomic E-state index is 0.151. The smallest absolute Gasteiger partial charge is 0.168 e. The van der Waals surface area contributed by atoms with Crippen LogP contribution < -0.4 is 10.5 Å². The van der Waals surface area contributed by atoms with Crippen LogP contribution in [0.3, 0.4) is 0 Å². The normalized spacial score (nSPS) is 15.6. The number of methoxy groups -OCH3 is 1. The Hall–Kier alpha value is -1.39. The van der Waals surface area contributed by atoms with Gasteiger partial charge in [0.2, 0.25) is 0 Å². The second kappa shape index (κ2) is 6.16. The molecule has 2 aromatic rings. The van der Waals surface area contributed by atoms with Gasteiger partial charge >= 0.3 is 0 Å². The Labute approximate surface area is 128 Å². The minimum Gasteiger partial charge on any atom is -0.494 e. The lowest BCUT2D eigenvalue weighted by atomic mass is 9.98. The summed E-state index contributed by atoms with van der Waals surface area (Å²) in [5.74, 6) is -0.0121. The molecule has 1 aromatic carbocycles. The van der Waals surface area contributed by atoms with E-state index in [-0.39, 0.29) is 17.6 Å². The lowest BCUT2D eigenvalue weighted by Crippen LogP contribution is -2.13. The van der Waals surface area contributed by atoms with Gasteiger partial charge in [-0.2, -0.15) is 0 Å². The first kappa shape index (κ1) is 14.5. The first-order valence-corrected chi connectivity index (χ1v) is 8.19. The van der Waals surface area contributed by atoms with Crippen LogP contribution in [0.15, 0.2) is 24.3 Å². The molecular weight excluding hydrogens is 285 g/mol. The Bertz CT molecular complexity index is 614. The third kappa shape index (κ3) is 2.97. The summed E-state index contributed by atoms with van der Waals surface area (Å²) in [6, 6.07) is 7.30. The highest BCUT2D eigenvalue weighted by molar-refractivity contribution is 7.12. The van der Waals surface area contributed by atoms with Crippen LogP contribution in [-0.4, -0.2) is 7.11 Å². The van der Waals surface area contributed by atoms with Crippen LogP contribution in [0.1, 0.15) is 39.8 Å². The van der Waals surface area contributed by atoms with Gasteiger partial charge in [-0.05, 0) is 55.4 Å². The van der Waals surface area contributed by atoms with Crippen LogP contribution in [0.2, 0.25) is 0 Å². The van der Waals surface area contributed by atoms with Gasteiger partial charge in [0.05, 0.1) is 7.11 Å². The molecule has 1 atom stereocenters. The molecule has 4 heteroatoms. The molecule has 21 heavy (non-hydrogen) atoms. The molecule has 0 aliphatic heterocycles. The lowest BCUT2D eigenvalue weighted by molar-refractivity contribution is 0.383. The summed E-state index contributed by atoms with van der Waals surface area (Å²) in [6.07, 6.45) is 5.37. The van der Waals surface area contributed by atoms with Gasteiger partial charge in [0.1, 0.15) is 0 Å². The predicted octanol–water partition coefficient (Wildman–Crippen LogP) is 4.02. The summed E-state index contributed by atoms with van der Waals surface area (Å²) in [4.78, 5) is 2.64. The summed E-state index contributed by atoms with van der Waals surface area (Å²) in [5.41, 5.74) is 8.37. The van der Waals surface area contributed by atoms with Crippen molar-refractivity contribution in [2.24, 2.45) is 5.73 Å². The summed E-state index contributed by atoms with van der Waals surface area (Å²) < 4.78 is 19.2. The second-order valence-electron chi connectivity index (χ2n) is 5.55. The van der Waals surface area contributed by atoms with Crippen LogP contribution in [-0.2, 0) is 19.3 Å². The van der Waals surface area contributed by atoms with Crippen LogP contribution in [0.25, 0.3) is 0 Å². The molecule has 112 valence electrons. The Balaban J connectivity index is 1.80. The van der Waals surface area contributed by atoms with Gasteiger partial charge < -0.3 is 10.5 Å². The van der Waals surface area contributed by atoms with Crippen molar-refractivity contribution in [1.82, 2.24) is 0 Å². The predicted molar refractivity (Wildman–Crippen MR) is 84.5 cm³/mol. The van der Waals surface area contributed by atoms with Crippen molar-refractivity contribution in [3.05, 3.63) is 51.0 Å². The molecule has 2 N–H and O–H groups in total. The number of hydrogen-bond donors (Lipinski definition) is 1. The molecule has 0 spiro atoms. The van der Waals surface area contributed by atoms with Gasteiger partial charge in [-0.1, -0.05) is 12.1 Å². The average molecular weight is 305 g/mol. The van der Waals surface area contributed by atoms with Crippen molar-refractivity contribution in [2.45, 2.75) is 38.1 Å². The van der Waals surface area contributed by atoms with Gasteiger partial charge in [0, 0.05) is 15.8 Å². The quantitative estimate of drug-likeness (QED) is 0.926. The third-order valence-corrected chi connectivity index (χ3v) is 5.45. The van der Waals surface area contributed by atoms with Crippen LogP contribution >= 0.6 is 11.3 Å². The number of rotatable bonds is 4. The first-order chi connectivity index (χ1) is 10.2. The van der Waals surface area contributed by atoms with Crippen LogP contribution in [0.5, 0.6) is 5.75 Å². The fourth-order valence-electron chi connectivity index (χ4n) is 2.91. The molecule has 2 nitrogen and oxygen atoms in total. The first-order valence-electron chi connectivity index (χ1n) is 7.37. The largest absolute Gasteiger partial charge is 0.494 e. The zero-order valence-electron chi connectivity index (χ0n) is 12.2. The number of hydrogen-bond acceptors (Lipinski definition) is 3. The molecule has 1 aliphatic carbocycles. The van der Waals surface area contributed by atoms with E-state index >= 15 is 0 Å². The number of thiophene rings is 1. The summed E-state index contributed by atoms with van der Waals surface area (Å²) in [7, 11) is 1.48. The number of aryl methyl sites for hydroxylation is 2. The number of benzene rings is 1. The molecule has 0 amide bonds. The summed E-state index contributed by atoms with van der Waals surface area (Å²) in [6.45, 7) is 0. The van der Waals surface area contributed by atoms with Crippen molar-refractivity contribution < 1.29 is 9.13 Å². The maximum absolute atomic E-state index is 14.2. The summed E-state index contributed by atoms with van der Waals surface area (Å²) in [5, 5.41) is 0. The van der Waals surface area contributed by atoms with E-state index in [4.69, 9.17) is 10.5 Å². The average Bonchev–Trinajstić information content (AvgIpc) is 2.93. The molecule has 0 saturated heterocycles. The highest BCUT2D eigenvalue weighted by atomic mass is 32.1. The number of ether oxygens (including phenoxy) is 1. The van der Waals surface area contributed by atoms with Crippen molar-refractivity contribution >= 4 is 11.3 Å². The molecule has 1 heterocycles. The van der Waals surface area contributed by atoms with Crippen molar-refractivity contribution in [2.75, 3.05) is 7.11 Å². The van der Waals surface area contributed by atoms with E-state index in [0.29, 0.717) is 12.0 Å². The van der Waals surface area contributed by atoms with Gasteiger partial charge in [0.15, 0.2) is 11.6 Å². The summed E-state index contributed by atoms with van der Waals surface area (Å²) >= 11 is 1.80. The van der Waals surface area contributed by atoms with Crippen LogP contribution in [0.4, 0.5) is 4.39 Å². The number of fused-ring (bicyclic) bond motifs is 1. The van der Waals surface area contributed by atoms with E-state index in [9.17, 15) is 4.39 Å². The Morgan fingerprint density at radius 2 is 2.14 bits per heavy atom. The molecule has 3 rings (SSSR count). The zero-order valence-corrected chi connectivity index (χ0v) is 13.0. The molecule has 0 bridgehead atoms. The van der Waals surface area contributed by atoms with Crippen molar-refractivity contribution in [3.8, 4) is 5.75 Å². The van der Waals surface area contributed by atoms with Crippen molar-refractivity contribution in [3.63, 3.8) is 0 Å².